The number of hydrogen-bond donors (Lipinski definition) is 2. The van der Waals surface area contributed by atoms with E-state index in [0.29, 0.717) is 11.4 Å². The molecule has 0 saturated carbocycles. The SMILES string of the molecule is O=C(Nc1ccccc1CCl)c1cn[nH]c1. The number of amides is 1. The van der Waals surface area contributed by atoms with Crippen molar-refractivity contribution in [3.8, 4) is 0 Å². The fraction of sp³-hybridized carbons (Fsp3) is 0.0909. The molecular formula is C11H10ClN3O. The highest BCUT2D eigenvalue weighted by Gasteiger charge is 2.08. The lowest BCUT2D eigenvalue weighted by atomic mass is 10.2. The van der Waals surface area contributed by atoms with Gasteiger partial charge in [0, 0.05) is 17.8 Å². The molecule has 0 unspecified atom stereocenters. The van der Waals surface area contributed by atoms with Gasteiger partial charge in [0.1, 0.15) is 0 Å². The van der Waals surface area contributed by atoms with Crippen molar-refractivity contribution >= 4 is 23.2 Å². The molecular weight excluding hydrogens is 226 g/mol. The number of carbonyl (C=O) groups is 1. The first-order chi connectivity index (χ1) is 7.81. The Morgan fingerprint density at radius 3 is 2.94 bits per heavy atom. The van der Waals surface area contributed by atoms with Crippen LogP contribution in [0.25, 0.3) is 0 Å². The quantitative estimate of drug-likeness (QED) is 0.803. The Hall–Kier alpha value is -1.81. The first-order valence-electron chi connectivity index (χ1n) is 4.75. The number of H-pyrrole nitrogens is 1. The predicted octanol–water partition coefficient (Wildman–Crippen LogP) is 2.40. The molecule has 16 heavy (non-hydrogen) atoms. The van der Waals surface area contributed by atoms with E-state index in [-0.39, 0.29) is 5.91 Å². The minimum Gasteiger partial charge on any atom is -0.322 e. The normalized spacial score (nSPS) is 10.1. The van der Waals surface area contributed by atoms with Crippen LogP contribution in [0, 0.1) is 0 Å². The van der Waals surface area contributed by atoms with Crippen LogP contribution in [0.2, 0.25) is 0 Å². The number of anilines is 1. The number of benzene rings is 1. The van der Waals surface area contributed by atoms with Crippen LogP contribution in [0.4, 0.5) is 5.69 Å². The van der Waals surface area contributed by atoms with E-state index in [4.69, 9.17) is 11.6 Å². The molecule has 2 aromatic rings. The second-order valence-electron chi connectivity index (χ2n) is 3.23. The van der Waals surface area contributed by atoms with Gasteiger partial charge in [-0.05, 0) is 11.6 Å². The molecule has 0 aliphatic heterocycles. The lowest BCUT2D eigenvalue weighted by Gasteiger charge is -2.07. The number of nitrogens with one attached hydrogen (secondary N) is 2. The Kier molecular flexibility index (Phi) is 3.22. The monoisotopic (exact) mass is 235 g/mol. The third-order valence-electron chi connectivity index (χ3n) is 2.17. The highest BCUT2D eigenvalue weighted by atomic mass is 35.5. The van der Waals surface area contributed by atoms with Crippen molar-refractivity contribution in [1.82, 2.24) is 10.2 Å². The van der Waals surface area contributed by atoms with E-state index in [1.165, 1.54) is 6.20 Å². The number of aromatic amines is 1. The van der Waals surface area contributed by atoms with E-state index in [0.717, 1.165) is 11.3 Å². The average Bonchev–Trinajstić information content (AvgIpc) is 2.83. The van der Waals surface area contributed by atoms with Gasteiger partial charge in [-0.1, -0.05) is 18.2 Å². The molecule has 2 N–H and O–H groups in total. The number of rotatable bonds is 3. The van der Waals surface area contributed by atoms with Gasteiger partial charge in [-0.3, -0.25) is 9.89 Å². The van der Waals surface area contributed by atoms with E-state index in [1.807, 2.05) is 24.3 Å². The molecule has 0 atom stereocenters. The highest BCUT2D eigenvalue weighted by Crippen LogP contribution is 2.17. The lowest BCUT2D eigenvalue weighted by Crippen LogP contribution is -2.12. The van der Waals surface area contributed by atoms with Crippen molar-refractivity contribution in [2.75, 3.05) is 5.32 Å². The molecule has 0 bridgehead atoms. The zero-order chi connectivity index (χ0) is 11.4. The summed E-state index contributed by atoms with van der Waals surface area (Å²) in [6, 6.07) is 7.42. The number of halogens is 1. The molecule has 1 aromatic carbocycles. The first kappa shape index (κ1) is 10.7. The molecule has 1 amide bonds. The minimum absolute atomic E-state index is 0.202. The van der Waals surface area contributed by atoms with Crippen LogP contribution < -0.4 is 5.32 Å². The number of nitrogens with zero attached hydrogens (tertiary/aromatic N) is 1. The summed E-state index contributed by atoms with van der Waals surface area (Å²) < 4.78 is 0. The fourth-order valence-corrected chi connectivity index (χ4v) is 1.56. The van der Waals surface area contributed by atoms with Crippen molar-refractivity contribution in [3.05, 3.63) is 47.8 Å². The number of carbonyl (C=O) groups excluding carboxylic acids is 1. The van der Waals surface area contributed by atoms with Crippen LogP contribution in [-0.2, 0) is 5.88 Å². The van der Waals surface area contributed by atoms with Gasteiger partial charge in [-0.15, -0.1) is 11.6 Å². The molecule has 0 radical (unpaired) electrons. The largest absolute Gasteiger partial charge is 0.322 e. The number of aromatic nitrogens is 2. The van der Waals surface area contributed by atoms with E-state index in [1.54, 1.807) is 6.20 Å². The molecule has 82 valence electrons. The van der Waals surface area contributed by atoms with Crippen molar-refractivity contribution in [3.63, 3.8) is 0 Å². The molecule has 2 rings (SSSR count). The molecule has 5 heteroatoms. The summed E-state index contributed by atoms with van der Waals surface area (Å²) in [6.07, 6.45) is 3.01. The Morgan fingerprint density at radius 1 is 1.44 bits per heavy atom. The van der Waals surface area contributed by atoms with Crippen LogP contribution >= 0.6 is 11.6 Å². The summed E-state index contributed by atoms with van der Waals surface area (Å²) >= 11 is 5.77. The van der Waals surface area contributed by atoms with Crippen molar-refractivity contribution in [1.29, 1.82) is 0 Å². The maximum Gasteiger partial charge on any atom is 0.258 e. The van der Waals surface area contributed by atoms with E-state index >= 15 is 0 Å². The van der Waals surface area contributed by atoms with Crippen LogP contribution in [0.15, 0.2) is 36.7 Å². The van der Waals surface area contributed by atoms with E-state index < -0.39 is 0 Å². The number of para-hydroxylation sites is 1. The number of hydrogen-bond acceptors (Lipinski definition) is 2. The van der Waals surface area contributed by atoms with Crippen LogP contribution in [0.3, 0.4) is 0 Å². The van der Waals surface area contributed by atoms with Gasteiger partial charge in [-0.25, -0.2) is 0 Å². The maximum absolute atomic E-state index is 11.7. The van der Waals surface area contributed by atoms with E-state index in [2.05, 4.69) is 15.5 Å². The maximum atomic E-state index is 11.7. The first-order valence-corrected chi connectivity index (χ1v) is 5.28. The molecule has 1 aromatic heterocycles. The summed E-state index contributed by atoms with van der Waals surface area (Å²) in [5, 5.41) is 9.08. The zero-order valence-electron chi connectivity index (χ0n) is 8.40. The van der Waals surface area contributed by atoms with Gasteiger partial charge >= 0.3 is 0 Å². The van der Waals surface area contributed by atoms with Crippen molar-refractivity contribution in [2.24, 2.45) is 0 Å². The van der Waals surface area contributed by atoms with Crippen molar-refractivity contribution < 1.29 is 4.79 Å². The van der Waals surface area contributed by atoms with Gasteiger partial charge in [0.25, 0.3) is 5.91 Å². The summed E-state index contributed by atoms with van der Waals surface area (Å²) in [4.78, 5) is 11.7. The molecule has 4 nitrogen and oxygen atoms in total. The topological polar surface area (TPSA) is 57.8 Å². The molecule has 0 aliphatic rings. The second kappa shape index (κ2) is 4.81. The smallest absolute Gasteiger partial charge is 0.258 e. The number of alkyl halides is 1. The summed E-state index contributed by atoms with van der Waals surface area (Å²) in [5.74, 6) is 0.160. The molecule has 1 heterocycles. The van der Waals surface area contributed by atoms with Crippen LogP contribution in [0.5, 0.6) is 0 Å². The standard InChI is InChI=1S/C11H10ClN3O/c12-5-8-3-1-2-4-10(8)15-11(16)9-6-13-14-7-9/h1-4,6-7H,5H2,(H,13,14)(H,15,16). The third kappa shape index (κ3) is 2.23. The molecule has 0 aliphatic carbocycles. The van der Waals surface area contributed by atoms with Crippen molar-refractivity contribution in [2.45, 2.75) is 5.88 Å². The molecule has 0 saturated heterocycles. The van der Waals surface area contributed by atoms with Gasteiger partial charge < -0.3 is 5.32 Å². The second-order valence-corrected chi connectivity index (χ2v) is 3.50. The summed E-state index contributed by atoms with van der Waals surface area (Å²) in [6.45, 7) is 0. The Bertz CT molecular complexity index is 482. The minimum atomic E-state index is -0.202. The van der Waals surface area contributed by atoms with Crippen LogP contribution in [-0.4, -0.2) is 16.1 Å². The lowest BCUT2D eigenvalue weighted by molar-refractivity contribution is 0.102. The average molecular weight is 236 g/mol. The van der Waals surface area contributed by atoms with Crippen LogP contribution in [0.1, 0.15) is 15.9 Å². The summed E-state index contributed by atoms with van der Waals surface area (Å²) in [5.41, 5.74) is 2.11. The van der Waals surface area contributed by atoms with Gasteiger partial charge in [0.15, 0.2) is 0 Å². The zero-order valence-corrected chi connectivity index (χ0v) is 9.16. The Morgan fingerprint density at radius 2 is 2.25 bits per heavy atom. The molecule has 0 spiro atoms. The third-order valence-corrected chi connectivity index (χ3v) is 2.46. The van der Waals surface area contributed by atoms with Gasteiger partial charge in [-0.2, -0.15) is 5.10 Å². The summed E-state index contributed by atoms with van der Waals surface area (Å²) in [7, 11) is 0. The predicted molar refractivity (Wildman–Crippen MR) is 62.5 cm³/mol. The van der Waals surface area contributed by atoms with E-state index in [9.17, 15) is 4.79 Å². The Labute approximate surface area is 97.6 Å². The Balaban J connectivity index is 2.18. The fourth-order valence-electron chi connectivity index (χ4n) is 1.33. The molecule has 0 fully saturated rings. The van der Waals surface area contributed by atoms with Gasteiger partial charge in [0.05, 0.1) is 11.8 Å². The highest BCUT2D eigenvalue weighted by molar-refractivity contribution is 6.17. The van der Waals surface area contributed by atoms with Gasteiger partial charge in [0.2, 0.25) is 0 Å².